The van der Waals surface area contributed by atoms with Gasteiger partial charge in [-0.3, -0.25) is 0 Å². The van der Waals surface area contributed by atoms with Crippen LogP contribution >= 0.6 is 0 Å². The van der Waals surface area contributed by atoms with Gasteiger partial charge >= 0.3 is 19.4 Å². The van der Waals surface area contributed by atoms with E-state index in [1.165, 1.54) is 4.90 Å². The molecule has 0 bridgehead atoms. The predicted octanol–water partition coefficient (Wildman–Crippen LogP) is 1.23. The smallest absolute Gasteiger partial charge is 0.444 e. The molecule has 1 aromatic heterocycles. The fourth-order valence-electron chi connectivity index (χ4n) is 2.75. The van der Waals surface area contributed by atoms with Crippen LogP contribution in [0.5, 0.6) is 0 Å². The Labute approximate surface area is 155 Å². The molecular weight excluding hydrogens is 366 g/mol. The van der Waals surface area contributed by atoms with Crippen molar-refractivity contribution in [1.29, 1.82) is 0 Å². The Morgan fingerprint density at radius 3 is 2.37 bits per heavy atom. The third kappa shape index (κ3) is 5.49. The minimum absolute atomic E-state index is 0.0244. The van der Waals surface area contributed by atoms with Crippen molar-refractivity contribution in [2.24, 2.45) is 0 Å². The number of carbonyl (C=O) groups is 1. The Hall–Kier alpha value is -2.01. The molecule has 150 valence electrons. The Bertz CT molecular complexity index is 694. The number of anilines is 1. The summed E-state index contributed by atoms with van der Waals surface area (Å²) in [5.74, 6) is -0.0244. The first kappa shape index (κ1) is 21.3. The van der Waals surface area contributed by atoms with E-state index in [9.17, 15) is 28.0 Å². The second-order valence-corrected chi connectivity index (χ2v) is 7.48. The van der Waals surface area contributed by atoms with Gasteiger partial charge in [0.25, 0.3) is 0 Å². The fraction of sp³-hybridized carbons (Fsp3) is 0.625. The van der Waals surface area contributed by atoms with E-state index in [4.69, 9.17) is 4.74 Å². The summed E-state index contributed by atoms with van der Waals surface area (Å²) in [5, 5.41) is 18.5. The Kier molecular flexibility index (Phi) is 5.95. The van der Waals surface area contributed by atoms with Crippen LogP contribution in [0, 0.1) is 0 Å². The summed E-state index contributed by atoms with van der Waals surface area (Å²) >= 11 is 0. The van der Waals surface area contributed by atoms with Crippen molar-refractivity contribution in [2.75, 3.05) is 24.5 Å². The predicted molar refractivity (Wildman–Crippen MR) is 93.7 cm³/mol. The highest BCUT2D eigenvalue weighted by atomic mass is 19.4. The van der Waals surface area contributed by atoms with Crippen LogP contribution < -0.4 is 10.5 Å². The zero-order valence-corrected chi connectivity index (χ0v) is 15.6. The van der Waals surface area contributed by atoms with E-state index in [1.54, 1.807) is 32.6 Å². The van der Waals surface area contributed by atoms with Gasteiger partial charge in [-0.05, 0) is 39.8 Å². The van der Waals surface area contributed by atoms with E-state index in [-0.39, 0.29) is 31.5 Å². The van der Waals surface area contributed by atoms with Crippen LogP contribution in [0.2, 0.25) is 0 Å². The number of hydrogen-bond donors (Lipinski definition) is 2. The lowest BCUT2D eigenvalue weighted by atomic mass is 9.84. The summed E-state index contributed by atoms with van der Waals surface area (Å²) in [6, 6.07) is 1.14. The van der Waals surface area contributed by atoms with E-state index < -0.39 is 36.1 Å². The highest BCUT2D eigenvalue weighted by Crippen LogP contribution is 2.31. The number of hydrogen-bond acceptors (Lipinski definition) is 6. The van der Waals surface area contributed by atoms with Crippen molar-refractivity contribution in [3.05, 3.63) is 17.7 Å². The van der Waals surface area contributed by atoms with Crippen molar-refractivity contribution in [1.82, 2.24) is 9.88 Å². The van der Waals surface area contributed by atoms with Crippen molar-refractivity contribution >= 4 is 24.6 Å². The van der Waals surface area contributed by atoms with Gasteiger partial charge in [-0.2, -0.15) is 13.2 Å². The summed E-state index contributed by atoms with van der Waals surface area (Å²) in [6.45, 7) is 7.71. The normalized spacial score (nSPS) is 18.5. The molecule has 27 heavy (non-hydrogen) atoms. The first-order valence-electron chi connectivity index (χ1n) is 8.48. The number of carbonyl (C=O) groups excluding carboxylic acids is 1. The van der Waals surface area contributed by atoms with Crippen LogP contribution in [-0.4, -0.2) is 64.4 Å². The van der Waals surface area contributed by atoms with Crippen LogP contribution in [0.4, 0.5) is 23.8 Å². The molecule has 11 heteroatoms. The van der Waals surface area contributed by atoms with Gasteiger partial charge in [0.05, 0.1) is 11.2 Å². The molecule has 0 saturated carbocycles. The molecule has 2 N–H and O–H groups in total. The van der Waals surface area contributed by atoms with Crippen LogP contribution in [-0.2, 0) is 10.9 Å². The molecule has 2 rings (SSSR count). The maximum Gasteiger partial charge on any atom is 0.508 e. The topological polar surface area (TPSA) is 86.1 Å². The second-order valence-electron chi connectivity index (χ2n) is 7.48. The number of halogens is 3. The number of piperazine rings is 1. The van der Waals surface area contributed by atoms with E-state index in [0.29, 0.717) is 6.07 Å². The molecule has 1 aromatic rings. The van der Waals surface area contributed by atoms with Gasteiger partial charge in [0.15, 0.2) is 0 Å². The summed E-state index contributed by atoms with van der Waals surface area (Å²) < 4.78 is 44.6. The highest BCUT2D eigenvalue weighted by molar-refractivity contribution is 6.57. The van der Waals surface area contributed by atoms with E-state index >= 15 is 0 Å². The summed E-state index contributed by atoms with van der Waals surface area (Å²) in [5.41, 5.74) is -2.15. The molecule has 1 unspecified atom stereocenters. The van der Waals surface area contributed by atoms with Crippen LogP contribution in [0.15, 0.2) is 12.1 Å². The number of ether oxygens (including phenoxy) is 1. The molecule has 1 fully saturated rings. The Morgan fingerprint density at radius 2 is 1.89 bits per heavy atom. The van der Waals surface area contributed by atoms with Gasteiger partial charge < -0.3 is 24.6 Å². The van der Waals surface area contributed by atoms with Gasteiger partial charge in [0, 0.05) is 25.7 Å². The lowest BCUT2D eigenvalue weighted by Gasteiger charge is -2.40. The molecule has 1 aliphatic rings. The maximum absolute atomic E-state index is 13.1. The van der Waals surface area contributed by atoms with Gasteiger partial charge in [-0.1, -0.05) is 0 Å². The SMILES string of the molecule is CC1CN(c2cc(C(F)(F)F)cc(B(O)O)n2)CCN1C(=O)OC(C)(C)C. The molecule has 1 amide bonds. The molecule has 0 spiro atoms. The fourth-order valence-corrected chi connectivity index (χ4v) is 2.75. The minimum atomic E-state index is -4.65. The molecule has 0 radical (unpaired) electrons. The number of aromatic nitrogens is 1. The van der Waals surface area contributed by atoms with Crippen molar-refractivity contribution in [3.8, 4) is 0 Å². The maximum atomic E-state index is 13.1. The molecule has 7 nitrogen and oxygen atoms in total. The van der Waals surface area contributed by atoms with Gasteiger partial charge in [-0.15, -0.1) is 0 Å². The quantitative estimate of drug-likeness (QED) is 0.741. The minimum Gasteiger partial charge on any atom is -0.444 e. The lowest BCUT2D eigenvalue weighted by Crippen LogP contribution is -2.55. The zero-order chi connectivity index (χ0) is 20.6. The van der Waals surface area contributed by atoms with Gasteiger partial charge in [0.1, 0.15) is 11.4 Å². The van der Waals surface area contributed by atoms with Crippen molar-refractivity contribution < 1.29 is 32.8 Å². The monoisotopic (exact) mass is 389 g/mol. The molecular formula is C16H23BF3N3O4. The van der Waals surface area contributed by atoms with E-state index in [1.807, 2.05) is 0 Å². The summed E-state index contributed by atoms with van der Waals surface area (Å²) in [7, 11) is -2.12. The average Bonchev–Trinajstić information content (AvgIpc) is 2.51. The number of nitrogens with zero attached hydrogens (tertiary/aromatic N) is 3. The summed E-state index contributed by atoms with van der Waals surface area (Å²) in [6.07, 6.45) is -5.14. The van der Waals surface area contributed by atoms with Crippen molar-refractivity contribution in [2.45, 2.75) is 45.5 Å². The summed E-state index contributed by atoms with van der Waals surface area (Å²) in [4.78, 5) is 19.3. The highest BCUT2D eigenvalue weighted by Gasteiger charge is 2.35. The third-order valence-corrected chi connectivity index (χ3v) is 4.00. The first-order chi connectivity index (χ1) is 12.3. The molecule has 0 aliphatic carbocycles. The van der Waals surface area contributed by atoms with Gasteiger partial charge in [-0.25, -0.2) is 9.78 Å². The first-order valence-corrected chi connectivity index (χ1v) is 8.48. The number of amides is 1. The molecule has 2 heterocycles. The number of alkyl halides is 3. The standard InChI is InChI=1S/C16H23BF3N3O4/c1-10-9-22(5-6-23(10)14(24)27-15(2,3)4)13-8-11(16(18,19)20)7-12(21-13)17(25)26/h7-8,10,25-26H,5-6,9H2,1-4H3. The molecule has 1 aliphatic heterocycles. The molecule has 1 atom stereocenters. The van der Waals surface area contributed by atoms with Gasteiger partial charge in [0.2, 0.25) is 0 Å². The zero-order valence-electron chi connectivity index (χ0n) is 15.6. The van der Waals surface area contributed by atoms with Crippen molar-refractivity contribution in [3.63, 3.8) is 0 Å². The average molecular weight is 389 g/mol. The second kappa shape index (κ2) is 7.55. The number of pyridine rings is 1. The molecule has 0 aromatic carbocycles. The Balaban J connectivity index is 2.21. The van der Waals surface area contributed by atoms with Crippen LogP contribution in [0.25, 0.3) is 0 Å². The van der Waals surface area contributed by atoms with Crippen LogP contribution in [0.1, 0.15) is 33.3 Å². The van der Waals surface area contributed by atoms with E-state index in [0.717, 1.165) is 6.07 Å². The third-order valence-electron chi connectivity index (χ3n) is 4.00. The largest absolute Gasteiger partial charge is 0.508 e. The van der Waals surface area contributed by atoms with E-state index in [2.05, 4.69) is 4.98 Å². The Morgan fingerprint density at radius 1 is 1.26 bits per heavy atom. The van der Waals surface area contributed by atoms with Crippen LogP contribution in [0.3, 0.4) is 0 Å². The number of rotatable bonds is 2. The molecule has 1 saturated heterocycles. The lowest BCUT2D eigenvalue weighted by molar-refractivity contribution is -0.137.